The van der Waals surface area contributed by atoms with E-state index in [9.17, 15) is 0 Å². The van der Waals surface area contributed by atoms with Crippen molar-refractivity contribution in [3.63, 3.8) is 0 Å². The van der Waals surface area contributed by atoms with Gasteiger partial charge >= 0.3 is 0 Å². The smallest absolute Gasteiger partial charge is 0.0369 e. The summed E-state index contributed by atoms with van der Waals surface area (Å²) in [5.74, 6) is 5.88. The van der Waals surface area contributed by atoms with E-state index in [1.54, 1.807) is 0 Å². The van der Waals surface area contributed by atoms with Crippen molar-refractivity contribution in [3.05, 3.63) is 0 Å². The first-order valence-electron chi connectivity index (χ1n) is 4.11. The lowest BCUT2D eigenvalue weighted by Gasteiger charge is -2.43. The molecule has 2 fully saturated rings. The van der Waals surface area contributed by atoms with Crippen molar-refractivity contribution in [1.82, 2.24) is 10.3 Å². The third-order valence-electron chi connectivity index (χ3n) is 2.68. The zero-order chi connectivity index (χ0) is 6.97. The van der Waals surface area contributed by atoms with E-state index in [4.69, 9.17) is 5.84 Å². The van der Waals surface area contributed by atoms with Gasteiger partial charge < -0.3 is 5.32 Å². The molecule has 3 nitrogen and oxygen atoms in total. The normalized spacial score (nSPS) is 41.7. The fourth-order valence-corrected chi connectivity index (χ4v) is 2.02. The molecule has 2 rings (SSSR count). The van der Waals surface area contributed by atoms with E-state index in [0.29, 0.717) is 12.1 Å². The van der Waals surface area contributed by atoms with Crippen LogP contribution in [0.15, 0.2) is 0 Å². The molecule has 2 aliphatic heterocycles. The van der Waals surface area contributed by atoms with Crippen molar-refractivity contribution >= 4 is 0 Å². The number of piperazine rings is 1. The van der Waals surface area contributed by atoms with Gasteiger partial charge in [-0.2, -0.15) is 0 Å². The Labute approximate surface area is 61.5 Å². The van der Waals surface area contributed by atoms with Crippen LogP contribution in [0.4, 0.5) is 0 Å². The minimum atomic E-state index is 0.618. The zero-order valence-corrected chi connectivity index (χ0v) is 6.21. The van der Waals surface area contributed by atoms with Gasteiger partial charge in [-0.1, -0.05) is 6.42 Å². The average Bonchev–Trinajstić information content (AvgIpc) is 1.86. The van der Waals surface area contributed by atoms with Crippen molar-refractivity contribution in [3.8, 4) is 0 Å². The van der Waals surface area contributed by atoms with E-state index < -0.39 is 0 Å². The van der Waals surface area contributed by atoms with Crippen LogP contribution in [0, 0.1) is 0 Å². The van der Waals surface area contributed by atoms with Crippen LogP contribution < -0.4 is 11.2 Å². The molecule has 0 aromatic heterocycles. The van der Waals surface area contributed by atoms with Gasteiger partial charge in [-0.05, 0) is 12.8 Å². The highest BCUT2D eigenvalue weighted by Gasteiger charge is 2.31. The van der Waals surface area contributed by atoms with Crippen LogP contribution in [0.2, 0.25) is 0 Å². The molecule has 10 heavy (non-hydrogen) atoms. The summed E-state index contributed by atoms with van der Waals surface area (Å²) >= 11 is 0. The summed E-state index contributed by atoms with van der Waals surface area (Å²) in [6.07, 6.45) is 3.92. The number of nitrogens with zero attached hydrogens (tertiary/aromatic N) is 1. The van der Waals surface area contributed by atoms with Crippen molar-refractivity contribution in [2.45, 2.75) is 31.3 Å². The molecule has 2 bridgehead atoms. The molecule has 2 atom stereocenters. The first-order chi connectivity index (χ1) is 4.88. The number of piperidine rings is 1. The molecule has 0 aliphatic carbocycles. The highest BCUT2D eigenvalue weighted by atomic mass is 15.5. The summed E-state index contributed by atoms with van der Waals surface area (Å²) in [6.45, 7) is 2.18. The standard InChI is InChI=1S/C7H15N3/c8-10-6-2-1-3-7(10)5-9-4-6/h6-7,9H,1-5,8H2. The van der Waals surface area contributed by atoms with Gasteiger partial charge in [0.05, 0.1) is 0 Å². The van der Waals surface area contributed by atoms with E-state index in [2.05, 4.69) is 10.3 Å². The maximum absolute atomic E-state index is 5.88. The molecular formula is C7H15N3. The lowest BCUT2D eigenvalue weighted by atomic mass is 9.94. The molecule has 0 radical (unpaired) electrons. The number of rotatable bonds is 0. The Bertz CT molecular complexity index is 104. The van der Waals surface area contributed by atoms with E-state index >= 15 is 0 Å². The SMILES string of the molecule is NN1C2CCCC1CNC2. The molecule has 2 saturated heterocycles. The lowest BCUT2D eigenvalue weighted by Crippen LogP contribution is -2.62. The third kappa shape index (κ3) is 0.944. The summed E-state index contributed by atoms with van der Waals surface area (Å²) in [5, 5.41) is 5.45. The molecule has 0 aromatic carbocycles. The number of hydrazine groups is 1. The second kappa shape index (κ2) is 2.49. The number of fused-ring (bicyclic) bond motifs is 2. The Kier molecular flexibility index (Phi) is 1.64. The molecule has 0 amide bonds. The fourth-order valence-electron chi connectivity index (χ4n) is 2.02. The van der Waals surface area contributed by atoms with Gasteiger partial charge in [0.1, 0.15) is 0 Å². The van der Waals surface area contributed by atoms with Gasteiger partial charge in [-0.25, -0.2) is 5.01 Å². The van der Waals surface area contributed by atoms with Crippen molar-refractivity contribution in [2.75, 3.05) is 13.1 Å². The third-order valence-corrected chi connectivity index (χ3v) is 2.68. The van der Waals surface area contributed by atoms with E-state index in [1.807, 2.05) is 0 Å². The highest BCUT2D eigenvalue weighted by Crippen LogP contribution is 2.21. The topological polar surface area (TPSA) is 41.3 Å². The minimum absolute atomic E-state index is 0.618. The summed E-state index contributed by atoms with van der Waals surface area (Å²) in [4.78, 5) is 0. The summed E-state index contributed by atoms with van der Waals surface area (Å²) in [5.41, 5.74) is 0. The maximum Gasteiger partial charge on any atom is 0.0369 e. The maximum atomic E-state index is 5.88. The molecule has 58 valence electrons. The second-order valence-electron chi connectivity index (χ2n) is 3.34. The van der Waals surface area contributed by atoms with Crippen LogP contribution >= 0.6 is 0 Å². The van der Waals surface area contributed by atoms with Gasteiger partial charge in [-0.15, -0.1) is 0 Å². The quantitative estimate of drug-likeness (QED) is 0.454. The molecule has 2 heterocycles. The Balaban J connectivity index is 2.05. The Hall–Kier alpha value is -0.120. The summed E-state index contributed by atoms with van der Waals surface area (Å²) in [6, 6.07) is 1.24. The van der Waals surface area contributed by atoms with Crippen molar-refractivity contribution in [1.29, 1.82) is 0 Å². The zero-order valence-electron chi connectivity index (χ0n) is 6.21. The molecule has 0 aromatic rings. The van der Waals surface area contributed by atoms with E-state index in [-0.39, 0.29) is 0 Å². The summed E-state index contributed by atoms with van der Waals surface area (Å²) < 4.78 is 0. The molecule has 2 unspecified atom stereocenters. The number of nitrogens with two attached hydrogens (primary N) is 1. The second-order valence-corrected chi connectivity index (χ2v) is 3.34. The first kappa shape index (κ1) is 6.58. The van der Waals surface area contributed by atoms with E-state index in [0.717, 1.165) is 13.1 Å². The molecule has 0 spiro atoms. The van der Waals surface area contributed by atoms with Crippen molar-refractivity contribution < 1.29 is 0 Å². The average molecular weight is 141 g/mol. The van der Waals surface area contributed by atoms with Gasteiger partial charge in [0.25, 0.3) is 0 Å². The number of hydrogen-bond acceptors (Lipinski definition) is 3. The number of hydrogen-bond donors (Lipinski definition) is 2. The first-order valence-corrected chi connectivity index (χ1v) is 4.11. The molecule has 2 aliphatic rings. The van der Waals surface area contributed by atoms with Crippen LogP contribution in [-0.2, 0) is 0 Å². The Morgan fingerprint density at radius 3 is 2.30 bits per heavy atom. The molecule has 3 N–H and O–H groups in total. The highest BCUT2D eigenvalue weighted by molar-refractivity contribution is 4.88. The molecular weight excluding hydrogens is 126 g/mol. The predicted octanol–water partition coefficient (Wildman–Crippen LogP) is -0.314. The van der Waals surface area contributed by atoms with Crippen LogP contribution in [0.1, 0.15) is 19.3 Å². The van der Waals surface area contributed by atoms with Crippen LogP contribution in [-0.4, -0.2) is 30.2 Å². The predicted molar refractivity (Wildman–Crippen MR) is 40.3 cm³/mol. The minimum Gasteiger partial charge on any atom is -0.314 e. The monoisotopic (exact) mass is 141 g/mol. The number of nitrogens with one attached hydrogen (secondary N) is 1. The fraction of sp³-hybridized carbons (Fsp3) is 1.00. The van der Waals surface area contributed by atoms with Crippen molar-refractivity contribution in [2.24, 2.45) is 5.84 Å². The van der Waals surface area contributed by atoms with Gasteiger partial charge in [-0.3, -0.25) is 5.84 Å². The molecule has 0 saturated carbocycles. The largest absolute Gasteiger partial charge is 0.314 e. The van der Waals surface area contributed by atoms with Gasteiger partial charge in [0.2, 0.25) is 0 Å². The van der Waals surface area contributed by atoms with Crippen LogP contribution in [0.25, 0.3) is 0 Å². The van der Waals surface area contributed by atoms with Gasteiger partial charge in [0, 0.05) is 25.2 Å². The van der Waals surface area contributed by atoms with Gasteiger partial charge in [0.15, 0.2) is 0 Å². The Morgan fingerprint density at radius 2 is 1.80 bits per heavy atom. The van der Waals surface area contributed by atoms with Crippen LogP contribution in [0.3, 0.4) is 0 Å². The summed E-state index contributed by atoms with van der Waals surface area (Å²) in [7, 11) is 0. The molecule has 3 heteroatoms. The van der Waals surface area contributed by atoms with E-state index in [1.165, 1.54) is 19.3 Å². The van der Waals surface area contributed by atoms with Crippen LogP contribution in [0.5, 0.6) is 0 Å². The lowest BCUT2D eigenvalue weighted by molar-refractivity contribution is 0.0533. The Morgan fingerprint density at radius 1 is 1.20 bits per heavy atom.